The molecule has 1 aliphatic heterocycles. The molecule has 38 heavy (non-hydrogen) atoms. The van der Waals surface area contributed by atoms with E-state index in [1.807, 2.05) is 30.3 Å². The molecule has 0 aliphatic carbocycles. The second kappa shape index (κ2) is 13.8. The normalized spacial score (nSPS) is 14.6. The number of carboxylic acid groups (broad SMARTS) is 1. The van der Waals surface area contributed by atoms with Gasteiger partial charge in [-0.1, -0.05) is 41.9 Å². The first-order valence-electron chi connectivity index (χ1n) is 10.8. The number of nitrogens with zero attached hydrogens (tertiary/aromatic N) is 2. The summed E-state index contributed by atoms with van der Waals surface area (Å²) in [4.78, 5) is 13.2. The van der Waals surface area contributed by atoms with E-state index in [-0.39, 0.29) is 27.4 Å². The van der Waals surface area contributed by atoms with E-state index < -0.39 is 37.0 Å². The van der Waals surface area contributed by atoms with Crippen LogP contribution in [0.15, 0.2) is 61.6 Å². The predicted molar refractivity (Wildman–Crippen MR) is 149 cm³/mol. The maximum absolute atomic E-state index is 12.4. The van der Waals surface area contributed by atoms with Crippen molar-refractivity contribution in [3.05, 3.63) is 53.1 Å². The highest BCUT2D eigenvalue weighted by atomic mass is 35.5. The van der Waals surface area contributed by atoms with Crippen LogP contribution in [0.25, 0.3) is 0 Å². The van der Waals surface area contributed by atoms with Crippen LogP contribution in [0.3, 0.4) is 0 Å². The summed E-state index contributed by atoms with van der Waals surface area (Å²) >= 11 is 7.43. The van der Waals surface area contributed by atoms with Crippen molar-refractivity contribution in [2.45, 2.75) is 34.4 Å². The van der Waals surface area contributed by atoms with Crippen LogP contribution in [-0.2, 0) is 30.6 Å². The number of amidine groups is 1. The summed E-state index contributed by atoms with van der Waals surface area (Å²) in [7, 11) is -8.20. The third kappa shape index (κ3) is 9.77. The monoisotopic (exact) mass is 605 g/mol. The summed E-state index contributed by atoms with van der Waals surface area (Å²) in [6.45, 7) is 0.420. The number of carboxylic acids is 1. The molecule has 13 nitrogen and oxygen atoms in total. The average molecular weight is 606 g/mol. The minimum atomic E-state index is -4.15. The Kier molecular flexibility index (Phi) is 11.4. The van der Waals surface area contributed by atoms with Crippen LogP contribution >= 0.6 is 23.4 Å². The maximum Gasteiger partial charge on any atom is 0.320 e. The van der Waals surface area contributed by atoms with Crippen LogP contribution in [0, 0.1) is 0 Å². The molecule has 0 aromatic heterocycles. The average Bonchev–Trinajstić information content (AvgIpc) is 2.81. The van der Waals surface area contributed by atoms with Gasteiger partial charge in [-0.3, -0.25) is 9.79 Å². The number of nitrogens with one attached hydrogen (secondary N) is 1. The van der Waals surface area contributed by atoms with E-state index in [1.54, 1.807) is 0 Å². The number of fused-ring (bicyclic) bond motifs is 1. The Morgan fingerprint density at radius 1 is 1.18 bits per heavy atom. The fourth-order valence-electron chi connectivity index (χ4n) is 2.98. The van der Waals surface area contributed by atoms with Crippen molar-refractivity contribution in [1.82, 2.24) is 0 Å². The van der Waals surface area contributed by atoms with Crippen molar-refractivity contribution in [3.8, 4) is 0 Å². The number of carbonyl (C=O) groups is 1. The van der Waals surface area contributed by atoms with Crippen molar-refractivity contribution in [1.29, 1.82) is 0 Å². The van der Waals surface area contributed by atoms with E-state index in [1.165, 1.54) is 17.8 Å². The first-order valence-corrected chi connectivity index (χ1v) is 15.3. The van der Waals surface area contributed by atoms with Crippen molar-refractivity contribution >= 4 is 66.9 Å². The second-order valence-electron chi connectivity index (χ2n) is 7.83. The summed E-state index contributed by atoms with van der Waals surface area (Å²) in [5, 5.41) is 16.2. The molecule has 1 aliphatic rings. The Morgan fingerprint density at radius 3 is 2.42 bits per heavy atom. The van der Waals surface area contributed by atoms with E-state index in [0.717, 1.165) is 11.6 Å². The molecule has 2 aromatic carbocycles. The molecular formula is C21H28ClN7O6S3. The van der Waals surface area contributed by atoms with Crippen LogP contribution in [0.1, 0.15) is 18.4 Å². The van der Waals surface area contributed by atoms with Crippen LogP contribution in [0.2, 0.25) is 5.02 Å². The number of halogens is 1. The summed E-state index contributed by atoms with van der Waals surface area (Å²) in [6, 6.07) is 11.1. The molecule has 0 saturated heterocycles. The Balaban J connectivity index is 0.000000358. The molecule has 0 bridgehead atoms. The summed E-state index contributed by atoms with van der Waals surface area (Å²) in [5.41, 5.74) is 16.6. The van der Waals surface area contributed by atoms with Gasteiger partial charge in [-0.15, -0.1) is 16.2 Å². The lowest BCUT2D eigenvalue weighted by Crippen LogP contribution is -2.30. The van der Waals surface area contributed by atoms with Crippen LogP contribution < -0.4 is 27.7 Å². The zero-order valence-electron chi connectivity index (χ0n) is 19.9. The van der Waals surface area contributed by atoms with Crippen LogP contribution in [0.4, 0.5) is 5.69 Å². The van der Waals surface area contributed by atoms with Crippen LogP contribution in [-0.4, -0.2) is 58.0 Å². The Morgan fingerprint density at radius 2 is 1.84 bits per heavy atom. The number of nitrogens with two attached hydrogens (primary N) is 4. The van der Waals surface area contributed by atoms with Gasteiger partial charge < -0.3 is 27.6 Å². The van der Waals surface area contributed by atoms with Gasteiger partial charge in [-0.2, -0.15) is 8.42 Å². The molecular weight excluding hydrogens is 578 g/mol. The fourth-order valence-corrected chi connectivity index (χ4v) is 6.25. The lowest BCUT2D eigenvalue weighted by Gasteiger charge is -2.19. The highest BCUT2D eigenvalue weighted by Crippen LogP contribution is 2.34. The molecule has 10 N–H and O–H groups in total. The second-order valence-corrected chi connectivity index (χ2v) is 12.3. The van der Waals surface area contributed by atoms with Gasteiger partial charge in [0.25, 0.3) is 10.0 Å². The van der Waals surface area contributed by atoms with Gasteiger partial charge in [0.1, 0.15) is 21.7 Å². The van der Waals surface area contributed by atoms with E-state index in [2.05, 4.69) is 14.7 Å². The first kappa shape index (κ1) is 31.3. The standard InChI is InChI=1S/C15H14ClN3O4S3.C6H14N4O2/c16-11-6-12-14(7-13(11)25(17,20)21)26(22,23)19-15(18-12)9-24-8-10-4-2-1-3-5-10;7-4(5(11)12)2-1-3-10-6(8)9/h1-7H,8-9H2,(H,18,19)(H2,17,20,21);4H,1-3,7H2,(H,11,12)(H4,8,9,10). The third-order valence-electron chi connectivity index (χ3n) is 4.76. The number of sulfonamides is 2. The molecule has 0 fully saturated rings. The molecule has 208 valence electrons. The minimum Gasteiger partial charge on any atom is -0.480 e. The van der Waals surface area contributed by atoms with E-state index in [4.69, 9.17) is 39.0 Å². The number of hydrogen-bond acceptors (Lipinski definition) is 9. The van der Waals surface area contributed by atoms with Crippen molar-refractivity contribution < 1.29 is 26.7 Å². The zero-order valence-corrected chi connectivity index (χ0v) is 23.2. The number of rotatable bonds is 10. The number of primary sulfonamides is 1. The number of guanidine groups is 1. The third-order valence-corrected chi connectivity index (χ3v) is 8.51. The van der Waals surface area contributed by atoms with Gasteiger partial charge >= 0.3 is 5.97 Å². The molecule has 3 rings (SSSR count). The Bertz CT molecular complexity index is 1410. The van der Waals surface area contributed by atoms with E-state index in [9.17, 15) is 21.6 Å². The summed E-state index contributed by atoms with van der Waals surface area (Å²) in [6.07, 6.45) is 0.956. The lowest BCUT2D eigenvalue weighted by atomic mass is 10.2. The largest absolute Gasteiger partial charge is 0.480 e. The van der Waals surface area contributed by atoms with Gasteiger partial charge in [0.15, 0.2) is 5.96 Å². The molecule has 0 radical (unpaired) electrons. The minimum absolute atomic E-state index is 0.0129. The number of hydrogen-bond donors (Lipinski definition) is 6. The van der Waals surface area contributed by atoms with E-state index >= 15 is 0 Å². The number of benzene rings is 2. The fraction of sp³-hybridized carbons (Fsp3) is 0.286. The maximum atomic E-state index is 12.4. The molecule has 1 heterocycles. The van der Waals surface area contributed by atoms with Crippen molar-refractivity contribution in [3.63, 3.8) is 0 Å². The van der Waals surface area contributed by atoms with Crippen LogP contribution in [0.5, 0.6) is 0 Å². The molecule has 17 heteroatoms. The topological polar surface area (TPSA) is 246 Å². The van der Waals surface area contributed by atoms with Gasteiger partial charge in [0, 0.05) is 12.3 Å². The SMILES string of the molecule is NC(N)=NCCCC(N)C(=O)O.NS(=O)(=O)c1cc2c(cc1Cl)NC(CSCc1ccccc1)=NS2(=O)=O. The van der Waals surface area contributed by atoms with Crippen molar-refractivity contribution in [2.75, 3.05) is 17.6 Å². The first-order chi connectivity index (χ1) is 17.7. The highest BCUT2D eigenvalue weighted by molar-refractivity contribution is 7.99. The molecule has 1 unspecified atom stereocenters. The van der Waals surface area contributed by atoms with E-state index in [0.29, 0.717) is 30.9 Å². The smallest absolute Gasteiger partial charge is 0.320 e. The van der Waals surface area contributed by atoms with Crippen molar-refractivity contribution in [2.24, 2.45) is 31.7 Å². The molecule has 1 atom stereocenters. The van der Waals surface area contributed by atoms with Gasteiger partial charge in [-0.05, 0) is 30.5 Å². The molecule has 0 amide bonds. The highest BCUT2D eigenvalue weighted by Gasteiger charge is 2.28. The van der Waals surface area contributed by atoms with Gasteiger partial charge in [-0.25, -0.2) is 13.6 Å². The predicted octanol–water partition coefficient (Wildman–Crippen LogP) is 0.885. The van der Waals surface area contributed by atoms with Gasteiger partial charge in [0.05, 0.1) is 16.5 Å². The number of aliphatic carboxylic acids is 1. The number of aliphatic imine (C=N–C) groups is 1. The summed E-state index contributed by atoms with van der Waals surface area (Å²) < 4.78 is 51.6. The Labute approximate surface area is 229 Å². The Hall–Kier alpha value is -2.89. The number of anilines is 1. The quantitative estimate of drug-likeness (QED) is 0.126. The molecule has 0 saturated carbocycles. The summed E-state index contributed by atoms with van der Waals surface area (Å²) in [5.74, 6) is 0.290. The molecule has 0 spiro atoms. The zero-order chi connectivity index (χ0) is 28.5. The molecule has 2 aromatic rings. The van der Waals surface area contributed by atoms with Gasteiger partial charge in [0.2, 0.25) is 10.0 Å². The lowest BCUT2D eigenvalue weighted by molar-refractivity contribution is -0.138. The number of thioether (sulfide) groups is 1.